The third-order valence-corrected chi connectivity index (χ3v) is 6.90. The summed E-state index contributed by atoms with van der Waals surface area (Å²) in [6.07, 6.45) is -1.90. The van der Waals surface area contributed by atoms with E-state index >= 15 is 0 Å². The number of hydrogen-bond acceptors (Lipinski definition) is 7. The Hall–Kier alpha value is -3.05. The van der Waals surface area contributed by atoms with Gasteiger partial charge < -0.3 is 25.4 Å². The minimum Gasteiger partial charge on any atom is -0.495 e. The lowest BCUT2D eigenvalue weighted by molar-refractivity contribution is -0.146. The highest BCUT2D eigenvalue weighted by atomic mass is 35.5. The maximum Gasteiger partial charge on any atom is 0.433 e. The lowest BCUT2D eigenvalue weighted by Gasteiger charge is -2.37. The minimum absolute atomic E-state index is 0.194. The molecule has 1 atom stereocenters. The van der Waals surface area contributed by atoms with Crippen LogP contribution < -0.4 is 20.7 Å². The molecule has 0 unspecified atom stereocenters. The number of nitrogens with one attached hydrogen (secondary N) is 3. The van der Waals surface area contributed by atoms with Crippen molar-refractivity contribution in [3.8, 4) is 5.75 Å². The number of halogens is 4. The first-order valence-electron chi connectivity index (χ1n) is 12.3. The van der Waals surface area contributed by atoms with Crippen molar-refractivity contribution in [2.24, 2.45) is 5.41 Å². The van der Waals surface area contributed by atoms with Gasteiger partial charge in [-0.15, -0.1) is 0 Å². The Morgan fingerprint density at radius 2 is 1.95 bits per heavy atom. The molecule has 3 N–H and O–H groups in total. The van der Waals surface area contributed by atoms with Crippen molar-refractivity contribution in [1.29, 1.82) is 0 Å². The van der Waals surface area contributed by atoms with E-state index in [1.807, 2.05) is 0 Å². The quantitative estimate of drug-likeness (QED) is 0.354. The van der Waals surface area contributed by atoms with E-state index in [0.29, 0.717) is 24.4 Å². The van der Waals surface area contributed by atoms with Crippen molar-refractivity contribution in [1.82, 2.24) is 15.6 Å². The number of alkyl halides is 3. The van der Waals surface area contributed by atoms with Crippen molar-refractivity contribution >= 4 is 29.2 Å². The maximum absolute atomic E-state index is 13.2. The normalized spacial score (nSPS) is 15.9. The number of methoxy groups -OCH3 is 1. The summed E-state index contributed by atoms with van der Waals surface area (Å²) >= 11 is 6.43. The number of ether oxygens (including phenoxy) is 2. The van der Waals surface area contributed by atoms with E-state index in [2.05, 4.69) is 20.9 Å². The van der Waals surface area contributed by atoms with Crippen molar-refractivity contribution in [2.75, 3.05) is 38.7 Å². The number of carbonyl (C=O) groups is 2. The van der Waals surface area contributed by atoms with Crippen molar-refractivity contribution in [3.63, 3.8) is 0 Å². The molecule has 3 rings (SSSR count). The fourth-order valence-electron chi connectivity index (χ4n) is 4.47. The van der Waals surface area contributed by atoms with E-state index in [1.54, 1.807) is 26.0 Å². The van der Waals surface area contributed by atoms with Gasteiger partial charge in [-0.1, -0.05) is 11.6 Å². The van der Waals surface area contributed by atoms with Gasteiger partial charge in [-0.25, -0.2) is 4.98 Å². The highest BCUT2D eigenvalue weighted by molar-refractivity contribution is 6.33. The summed E-state index contributed by atoms with van der Waals surface area (Å²) in [6.45, 7) is 5.51. The van der Waals surface area contributed by atoms with Crippen molar-refractivity contribution in [2.45, 2.75) is 45.3 Å². The van der Waals surface area contributed by atoms with Crippen molar-refractivity contribution in [3.05, 3.63) is 52.3 Å². The van der Waals surface area contributed by atoms with E-state index in [0.717, 1.165) is 38.2 Å². The number of aromatic nitrogens is 1. The molecule has 0 bridgehead atoms. The second-order valence-electron chi connectivity index (χ2n) is 9.28. The maximum atomic E-state index is 13.2. The zero-order valence-electron chi connectivity index (χ0n) is 21.5. The fourth-order valence-corrected chi connectivity index (χ4v) is 4.70. The summed E-state index contributed by atoms with van der Waals surface area (Å²) in [6, 6.07) is 4.96. The van der Waals surface area contributed by atoms with Crippen LogP contribution in [0.2, 0.25) is 5.02 Å². The van der Waals surface area contributed by atoms with Gasteiger partial charge in [0.1, 0.15) is 11.4 Å². The molecule has 1 aromatic heterocycles. The van der Waals surface area contributed by atoms with E-state index in [9.17, 15) is 22.8 Å². The van der Waals surface area contributed by atoms with Gasteiger partial charge >= 0.3 is 12.1 Å². The summed E-state index contributed by atoms with van der Waals surface area (Å²) in [4.78, 5) is 28.5. The van der Waals surface area contributed by atoms with Gasteiger partial charge in [0.15, 0.2) is 0 Å². The predicted octanol–water partition coefficient (Wildman–Crippen LogP) is 4.99. The third-order valence-electron chi connectivity index (χ3n) is 6.59. The molecule has 12 heteroatoms. The summed E-state index contributed by atoms with van der Waals surface area (Å²) < 4.78 is 49.8. The van der Waals surface area contributed by atoms with Gasteiger partial charge in [0.2, 0.25) is 0 Å². The fraction of sp³-hybridized carbons (Fsp3) is 0.500. The van der Waals surface area contributed by atoms with Crippen LogP contribution in [0.3, 0.4) is 0 Å². The number of anilines is 1. The lowest BCUT2D eigenvalue weighted by atomic mass is 9.76. The molecule has 0 spiro atoms. The summed E-state index contributed by atoms with van der Waals surface area (Å²) in [5, 5.41) is 9.48. The van der Waals surface area contributed by atoms with Gasteiger partial charge in [-0.3, -0.25) is 9.59 Å². The average Bonchev–Trinajstić information content (AvgIpc) is 2.88. The van der Waals surface area contributed by atoms with Crippen LogP contribution in [0.25, 0.3) is 0 Å². The molecule has 1 aliphatic rings. The van der Waals surface area contributed by atoms with E-state index < -0.39 is 23.3 Å². The molecular formula is C26H32ClF3N4O4. The van der Waals surface area contributed by atoms with E-state index in [4.69, 9.17) is 21.1 Å². The van der Waals surface area contributed by atoms with Crippen LogP contribution in [0.4, 0.5) is 18.9 Å². The Bertz CT molecular complexity index is 1140. The number of nitrogens with zero attached hydrogens (tertiary/aromatic N) is 1. The molecular weight excluding hydrogens is 525 g/mol. The minimum atomic E-state index is -4.60. The van der Waals surface area contributed by atoms with Crippen LogP contribution in [0.15, 0.2) is 30.5 Å². The number of hydrogen-bond donors (Lipinski definition) is 3. The zero-order valence-corrected chi connectivity index (χ0v) is 22.3. The molecule has 1 saturated heterocycles. The van der Waals surface area contributed by atoms with Gasteiger partial charge in [-0.2, -0.15) is 13.2 Å². The molecule has 0 radical (unpaired) electrons. The molecule has 208 valence electrons. The van der Waals surface area contributed by atoms with Crippen molar-refractivity contribution < 1.29 is 32.2 Å². The average molecular weight is 557 g/mol. The largest absolute Gasteiger partial charge is 0.495 e. The van der Waals surface area contributed by atoms with Gasteiger partial charge in [0.25, 0.3) is 5.91 Å². The first kappa shape index (κ1) is 29.5. The summed E-state index contributed by atoms with van der Waals surface area (Å²) in [5.41, 5.74) is -0.432. The van der Waals surface area contributed by atoms with Crippen LogP contribution in [0.1, 0.15) is 60.8 Å². The Labute approximate surface area is 224 Å². The first-order chi connectivity index (χ1) is 18.0. The molecule has 1 amide bonds. The Morgan fingerprint density at radius 1 is 1.24 bits per heavy atom. The molecule has 2 aromatic rings. The third kappa shape index (κ3) is 7.50. The molecule has 8 nitrogen and oxygen atoms in total. The molecule has 1 aliphatic heterocycles. The number of rotatable bonds is 10. The first-order valence-corrected chi connectivity index (χ1v) is 12.7. The van der Waals surface area contributed by atoms with Gasteiger partial charge in [0.05, 0.1) is 43.1 Å². The number of pyridine rings is 1. The smallest absolute Gasteiger partial charge is 0.433 e. The zero-order chi connectivity index (χ0) is 27.9. The number of benzene rings is 1. The van der Waals surface area contributed by atoms with E-state index in [-0.39, 0.29) is 34.6 Å². The van der Waals surface area contributed by atoms with Crippen LogP contribution in [-0.4, -0.2) is 50.2 Å². The molecule has 0 aliphatic carbocycles. The Kier molecular flexibility index (Phi) is 9.83. The van der Waals surface area contributed by atoms with Crippen LogP contribution in [0, 0.1) is 5.41 Å². The predicted molar refractivity (Wildman–Crippen MR) is 137 cm³/mol. The summed E-state index contributed by atoms with van der Waals surface area (Å²) in [5.74, 6) is -0.442. The van der Waals surface area contributed by atoms with Crippen LogP contribution in [-0.2, 0) is 15.7 Å². The SMILES string of the molecule is CCOC(=O)CC1(CNC(=O)c2ccc(N[C@@H](C)c3cc(C(F)(F)F)ncc3OC)c(Cl)c2)CCNCC1. The highest BCUT2D eigenvalue weighted by Gasteiger charge is 2.36. The number of amides is 1. The standard InChI is InChI=1S/C26H32ClF3N4O4/c1-4-38-23(35)13-25(7-9-31-10-8-25)15-33-24(36)17-5-6-20(19(27)11-17)34-16(2)18-12-22(26(28,29)30)32-14-21(18)37-3/h5-6,11-12,14,16,31,34H,4,7-10,13,15H2,1-3H3,(H,33,36)/t16-/m0/s1. The topological polar surface area (TPSA) is 102 Å². The number of carbonyl (C=O) groups excluding carboxylic acids is 2. The number of piperidine rings is 1. The molecule has 2 heterocycles. The molecule has 38 heavy (non-hydrogen) atoms. The van der Waals surface area contributed by atoms with Crippen LogP contribution in [0.5, 0.6) is 5.75 Å². The highest BCUT2D eigenvalue weighted by Crippen LogP contribution is 2.36. The molecule has 1 aromatic carbocycles. The summed E-state index contributed by atoms with van der Waals surface area (Å²) in [7, 11) is 1.35. The van der Waals surface area contributed by atoms with Gasteiger partial charge in [-0.05, 0) is 64.0 Å². The van der Waals surface area contributed by atoms with Gasteiger partial charge in [0, 0.05) is 23.1 Å². The lowest BCUT2D eigenvalue weighted by Crippen LogP contribution is -2.46. The number of esters is 1. The second-order valence-corrected chi connectivity index (χ2v) is 9.69. The van der Waals surface area contributed by atoms with E-state index in [1.165, 1.54) is 13.2 Å². The molecule has 1 fully saturated rings. The Balaban J connectivity index is 1.70. The second kappa shape index (κ2) is 12.7. The monoisotopic (exact) mass is 556 g/mol. The molecule has 0 saturated carbocycles. The Morgan fingerprint density at radius 3 is 2.55 bits per heavy atom. The van der Waals surface area contributed by atoms with Crippen LogP contribution >= 0.6 is 11.6 Å².